The molecule has 0 bridgehead atoms. The fraction of sp³-hybridized carbons (Fsp3) is 0.462. The van der Waals surface area contributed by atoms with E-state index in [1.165, 1.54) is 0 Å². The maximum Gasteiger partial charge on any atom is 0.313 e. The van der Waals surface area contributed by atoms with Gasteiger partial charge < -0.3 is 10.5 Å². The number of aryl methyl sites for hydroxylation is 1. The highest BCUT2D eigenvalue weighted by Crippen LogP contribution is 2.30. The summed E-state index contributed by atoms with van der Waals surface area (Å²) < 4.78 is 5.41. The minimum atomic E-state index is -0.887. The van der Waals surface area contributed by atoms with Crippen LogP contribution in [0.1, 0.15) is 25.3 Å². The molecule has 0 amide bonds. The van der Waals surface area contributed by atoms with E-state index in [1.54, 1.807) is 32.0 Å². The summed E-state index contributed by atoms with van der Waals surface area (Å²) in [4.78, 5) is 10.5. The van der Waals surface area contributed by atoms with E-state index in [1.807, 2.05) is 6.07 Å². The maximum absolute atomic E-state index is 10.9. The highest BCUT2D eigenvalue weighted by Gasteiger charge is 2.19. The molecule has 0 saturated heterocycles. The van der Waals surface area contributed by atoms with Gasteiger partial charge in [0, 0.05) is 5.56 Å². The number of nitro benzene ring substituents is 1. The third kappa shape index (κ3) is 4.23. The van der Waals surface area contributed by atoms with E-state index in [9.17, 15) is 10.1 Å². The van der Waals surface area contributed by atoms with Gasteiger partial charge in [-0.2, -0.15) is 5.26 Å². The van der Waals surface area contributed by atoms with E-state index < -0.39 is 10.5 Å². The van der Waals surface area contributed by atoms with Crippen molar-refractivity contribution in [3.8, 4) is 11.8 Å². The smallest absolute Gasteiger partial charge is 0.313 e. The maximum atomic E-state index is 10.9. The highest BCUT2D eigenvalue weighted by atomic mass is 16.6. The first kappa shape index (κ1) is 14.9. The molecule has 0 radical (unpaired) electrons. The molecule has 0 heterocycles. The number of nitriles is 1. The molecule has 6 nitrogen and oxygen atoms in total. The number of rotatable bonds is 6. The van der Waals surface area contributed by atoms with Crippen LogP contribution < -0.4 is 10.5 Å². The fourth-order valence-corrected chi connectivity index (χ4v) is 1.66. The van der Waals surface area contributed by atoms with Gasteiger partial charge in [-0.3, -0.25) is 10.1 Å². The van der Waals surface area contributed by atoms with Gasteiger partial charge in [-0.25, -0.2) is 0 Å². The monoisotopic (exact) mass is 263 g/mol. The van der Waals surface area contributed by atoms with Gasteiger partial charge in [0.25, 0.3) is 0 Å². The van der Waals surface area contributed by atoms with E-state index in [0.717, 1.165) is 0 Å². The Morgan fingerprint density at radius 2 is 2.26 bits per heavy atom. The second kappa shape index (κ2) is 6.16. The molecule has 0 fully saturated rings. The van der Waals surface area contributed by atoms with Crippen LogP contribution in [-0.4, -0.2) is 17.1 Å². The lowest BCUT2D eigenvalue weighted by atomic mass is 10.00. The molecule has 0 aromatic heterocycles. The van der Waals surface area contributed by atoms with Gasteiger partial charge in [0.05, 0.1) is 17.6 Å². The zero-order valence-corrected chi connectivity index (χ0v) is 11.0. The Bertz CT molecular complexity index is 506. The van der Waals surface area contributed by atoms with E-state index in [4.69, 9.17) is 15.7 Å². The van der Waals surface area contributed by atoms with Gasteiger partial charge >= 0.3 is 5.69 Å². The summed E-state index contributed by atoms with van der Waals surface area (Å²) in [7, 11) is 0. The molecular formula is C13H17N3O3. The zero-order valence-electron chi connectivity index (χ0n) is 11.0. The quantitative estimate of drug-likeness (QED) is 0.482. The molecule has 1 atom stereocenters. The summed E-state index contributed by atoms with van der Waals surface area (Å²) in [6, 6.07) is 6.93. The summed E-state index contributed by atoms with van der Waals surface area (Å²) >= 11 is 0. The second-order valence-electron chi connectivity index (χ2n) is 4.66. The molecule has 0 aliphatic rings. The number of para-hydroxylation sites is 1. The van der Waals surface area contributed by atoms with Crippen LogP contribution >= 0.6 is 0 Å². The lowest BCUT2D eigenvalue weighted by molar-refractivity contribution is -0.386. The van der Waals surface area contributed by atoms with Crippen LogP contribution in [0.3, 0.4) is 0 Å². The van der Waals surface area contributed by atoms with Crippen LogP contribution in [0.25, 0.3) is 0 Å². The molecule has 6 heteroatoms. The molecule has 0 saturated carbocycles. The first-order valence-corrected chi connectivity index (χ1v) is 5.94. The third-order valence-corrected chi connectivity index (χ3v) is 2.74. The van der Waals surface area contributed by atoms with Gasteiger partial charge in [0.15, 0.2) is 5.75 Å². The lowest BCUT2D eigenvalue weighted by Crippen LogP contribution is -2.34. The van der Waals surface area contributed by atoms with Crippen molar-refractivity contribution in [2.75, 3.05) is 6.61 Å². The van der Waals surface area contributed by atoms with Crippen molar-refractivity contribution >= 4 is 5.69 Å². The van der Waals surface area contributed by atoms with Crippen molar-refractivity contribution in [1.82, 2.24) is 0 Å². The van der Waals surface area contributed by atoms with Crippen LogP contribution in [-0.2, 0) is 0 Å². The topological polar surface area (TPSA) is 102 Å². The Hall–Kier alpha value is -2.13. The Labute approximate surface area is 111 Å². The predicted octanol–water partition coefficient (Wildman–Crippen LogP) is 2.30. The molecule has 1 aromatic rings. The number of nitrogens with two attached hydrogens (primary N) is 1. The fourth-order valence-electron chi connectivity index (χ4n) is 1.66. The van der Waals surface area contributed by atoms with E-state index in [2.05, 4.69) is 0 Å². The first-order chi connectivity index (χ1) is 8.87. The molecule has 0 aliphatic heterocycles. The summed E-state index contributed by atoms with van der Waals surface area (Å²) in [5.41, 5.74) is 5.33. The number of nitro groups is 1. The van der Waals surface area contributed by atoms with Gasteiger partial charge in [0.2, 0.25) is 0 Å². The number of benzene rings is 1. The van der Waals surface area contributed by atoms with Crippen LogP contribution in [0.15, 0.2) is 18.2 Å². The van der Waals surface area contributed by atoms with Gasteiger partial charge in [-0.1, -0.05) is 12.1 Å². The number of hydrogen-bond donors (Lipinski definition) is 1. The van der Waals surface area contributed by atoms with Crippen LogP contribution in [0.2, 0.25) is 0 Å². The SMILES string of the molecule is Cc1cccc(OCCCC(C)(N)C#N)c1[N+](=O)[O-]. The zero-order chi connectivity index (χ0) is 14.5. The molecule has 1 unspecified atom stereocenters. The molecule has 0 aliphatic carbocycles. The highest BCUT2D eigenvalue weighted by molar-refractivity contribution is 5.51. The number of hydrogen-bond acceptors (Lipinski definition) is 5. The molecule has 2 N–H and O–H groups in total. The summed E-state index contributed by atoms with van der Waals surface area (Å²) in [5, 5.41) is 19.7. The average molecular weight is 263 g/mol. The minimum absolute atomic E-state index is 0.0155. The van der Waals surface area contributed by atoms with Gasteiger partial charge in [-0.05, 0) is 32.8 Å². The van der Waals surface area contributed by atoms with Gasteiger partial charge in [0.1, 0.15) is 5.54 Å². The largest absolute Gasteiger partial charge is 0.487 e. The van der Waals surface area contributed by atoms with Crippen molar-refractivity contribution in [2.45, 2.75) is 32.2 Å². The Morgan fingerprint density at radius 1 is 1.58 bits per heavy atom. The normalized spacial score (nSPS) is 13.4. The third-order valence-electron chi connectivity index (χ3n) is 2.74. The van der Waals surface area contributed by atoms with E-state index in [0.29, 0.717) is 25.0 Å². The second-order valence-corrected chi connectivity index (χ2v) is 4.66. The number of ether oxygens (including phenoxy) is 1. The van der Waals surface area contributed by atoms with Crippen LogP contribution in [0.4, 0.5) is 5.69 Å². The molecule has 102 valence electrons. The van der Waals surface area contributed by atoms with Crippen LogP contribution in [0, 0.1) is 28.4 Å². The minimum Gasteiger partial charge on any atom is -0.487 e. The van der Waals surface area contributed by atoms with Crippen molar-refractivity contribution < 1.29 is 9.66 Å². The molecule has 19 heavy (non-hydrogen) atoms. The van der Waals surface area contributed by atoms with Crippen molar-refractivity contribution in [2.24, 2.45) is 5.73 Å². The van der Waals surface area contributed by atoms with E-state index in [-0.39, 0.29) is 11.4 Å². The van der Waals surface area contributed by atoms with Crippen LogP contribution in [0.5, 0.6) is 5.75 Å². The van der Waals surface area contributed by atoms with E-state index >= 15 is 0 Å². The first-order valence-electron chi connectivity index (χ1n) is 5.94. The lowest BCUT2D eigenvalue weighted by Gasteiger charge is -2.15. The molecule has 1 rings (SSSR count). The average Bonchev–Trinajstić information content (AvgIpc) is 2.34. The Balaban J connectivity index is 2.62. The summed E-state index contributed by atoms with van der Waals surface area (Å²) in [5.74, 6) is 0.251. The van der Waals surface area contributed by atoms with Crippen molar-refractivity contribution in [3.63, 3.8) is 0 Å². The molecule has 1 aromatic carbocycles. The standard InChI is InChI=1S/C13H17N3O3/c1-10-5-3-6-11(12(10)16(17)18)19-8-4-7-13(2,15)9-14/h3,5-6H,4,7-8,15H2,1-2H3. The number of nitrogens with zero attached hydrogens (tertiary/aromatic N) is 2. The predicted molar refractivity (Wildman–Crippen MR) is 70.8 cm³/mol. The Morgan fingerprint density at radius 3 is 2.84 bits per heavy atom. The summed E-state index contributed by atoms with van der Waals surface area (Å²) in [6.45, 7) is 3.60. The van der Waals surface area contributed by atoms with Crippen molar-refractivity contribution in [3.05, 3.63) is 33.9 Å². The summed E-state index contributed by atoms with van der Waals surface area (Å²) in [6.07, 6.45) is 1.04. The van der Waals surface area contributed by atoms with Crippen molar-refractivity contribution in [1.29, 1.82) is 5.26 Å². The van der Waals surface area contributed by atoms with Gasteiger partial charge in [-0.15, -0.1) is 0 Å². The molecular weight excluding hydrogens is 246 g/mol. The Kier molecular flexibility index (Phi) is 4.84. The molecule has 0 spiro atoms.